The summed E-state index contributed by atoms with van der Waals surface area (Å²) in [5.41, 5.74) is 3.30. The van der Waals surface area contributed by atoms with E-state index in [1.807, 2.05) is 60.9 Å². The van der Waals surface area contributed by atoms with Gasteiger partial charge in [-0.05, 0) is 52.3 Å². The van der Waals surface area contributed by atoms with Gasteiger partial charge in [0.2, 0.25) is 0 Å². The summed E-state index contributed by atoms with van der Waals surface area (Å²) < 4.78 is 1.06. The Hall–Kier alpha value is -2.13. The van der Waals surface area contributed by atoms with Gasteiger partial charge >= 0.3 is 0 Å². The highest BCUT2D eigenvalue weighted by Gasteiger charge is 2.13. The number of hydrogen-bond donors (Lipinski definition) is 0. The van der Waals surface area contributed by atoms with E-state index in [1.165, 1.54) is 0 Å². The Kier molecular flexibility index (Phi) is 3.79. The lowest BCUT2D eigenvalue weighted by molar-refractivity contribution is 1.24. The molecular formula is C17H13BrN2. The molecule has 3 rings (SSSR count). The molecule has 0 unspecified atom stereocenters. The average Bonchev–Trinajstić information content (AvgIpc) is 2.52. The van der Waals surface area contributed by atoms with Crippen molar-refractivity contribution in [1.82, 2.24) is 4.98 Å². The SMILES string of the molecule is Brc1ccccc1N(c1ccccc1)c1ccncc1. The highest BCUT2D eigenvalue weighted by atomic mass is 79.9. The minimum absolute atomic E-state index is 1.06. The molecule has 0 spiro atoms. The van der Waals surface area contributed by atoms with Crippen molar-refractivity contribution in [2.45, 2.75) is 0 Å². The summed E-state index contributed by atoms with van der Waals surface area (Å²) in [4.78, 5) is 6.30. The van der Waals surface area contributed by atoms with Crippen LogP contribution in [0.15, 0.2) is 83.6 Å². The molecule has 1 heterocycles. The zero-order valence-corrected chi connectivity index (χ0v) is 12.4. The third kappa shape index (κ3) is 2.58. The number of pyridine rings is 1. The summed E-state index contributed by atoms with van der Waals surface area (Å²) in [5.74, 6) is 0. The monoisotopic (exact) mass is 324 g/mol. The molecule has 98 valence electrons. The lowest BCUT2D eigenvalue weighted by Gasteiger charge is -2.26. The maximum Gasteiger partial charge on any atom is 0.0603 e. The van der Waals surface area contributed by atoms with Gasteiger partial charge in [-0.15, -0.1) is 0 Å². The van der Waals surface area contributed by atoms with Crippen LogP contribution in [-0.4, -0.2) is 4.98 Å². The fourth-order valence-corrected chi connectivity index (χ4v) is 2.59. The van der Waals surface area contributed by atoms with Crippen molar-refractivity contribution in [3.63, 3.8) is 0 Å². The molecule has 2 aromatic carbocycles. The van der Waals surface area contributed by atoms with Gasteiger partial charge in [0.1, 0.15) is 0 Å². The Bertz CT molecular complexity index is 644. The van der Waals surface area contributed by atoms with Crippen molar-refractivity contribution in [2.24, 2.45) is 0 Å². The van der Waals surface area contributed by atoms with Crippen LogP contribution in [-0.2, 0) is 0 Å². The van der Waals surface area contributed by atoms with Crippen LogP contribution < -0.4 is 4.90 Å². The van der Waals surface area contributed by atoms with Crippen LogP contribution in [0.2, 0.25) is 0 Å². The maximum absolute atomic E-state index is 4.10. The smallest absolute Gasteiger partial charge is 0.0603 e. The lowest BCUT2D eigenvalue weighted by atomic mass is 10.2. The van der Waals surface area contributed by atoms with E-state index in [-0.39, 0.29) is 0 Å². The van der Waals surface area contributed by atoms with Gasteiger partial charge < -0.3 is 4.90 Å². The molecule has 0 radical (unpaired) electrons. The number of nitrogens with zero attached hydrogens (tertiary/aromatic N) is 2. The van der Waals surface area contributed by atoms with Gasteiger partial charge in [-0.25, -0.2) is 0 Å². The summed E-state index contributed by atoms with van der Waals surface area (Å²) >= 11 is 3.63. The first-order chi connectivity index (χ1) is 9.86. The first-order valence-corrected chi connectivity index (χ1v) is 7.15. The van der Waals surface area contributed by atoms with E-state index in [0.717, 1.165) is 21.5 Å². The first-order valence-electron chi connectivity index (χ1n) is 6.36. The van der Waals surface area contributed by atoms with Gasteiger partial charge in [0.25, 0.3) is 0 Å². The Labute approximate surface area is 126 Å². The Morgan fingerprint density at radius 2 is 1.30 bits per heavy atom. The predicted molar refractivity (Wildman–Crippen MR) is 86.6 cm³/mol. The molecule has 0 N–H and O–H groups in total. The van der Waals surface area contributed by atoms with Crippen molar-refractivity contribution in [3.8, 4) is 0 Å². The summed E-state index contributed by atoms with van der Waals surface area (Å²) in [6, 6.07) is 22.5. The van der Waals surface area contributed by atoms with Crippen molar-refractivity contribution in [3.05, 3.63) is 83.6 Å². The van der Waals surface area contributed by atoms with E-state index in [0.29, 0.717) is 0 Å². The summed E-state index contributed by atoms with van der Waals surface area (Å²) in [5, 5.41) is 0. The van der Waals surface area contributed by atoms with Crippen molar-refractivity contribution in [1.29, 1.82) is 0 Å². The number of benzene rings is 2. The quantitative estimate of drug-likeness (QED) is 0.648. The van der Waals surface area contributed by atoms with Gasteiger partial charge in [0, 0.05) is 28.2 Å². The fourth-order valence-electron chi connectivity index (χ4n) is 2.13. The van der Waals surface area contributed by atoms with Crippen LogP contribution in [0.25, 0.3) is 0 Å². The molecule has 0 aliphatic heterocycles. The number of anilines is 3. The average molecular weight is 325 g/mol. The van der Waals surface area contributed by atoms with Crippen LogP contribution in [0.5, 0.6) is 0 Å². The zero-order chi connectivity index (χ0) is 13.8. The van der Waals surface area contributed by atoms with Gasteiger partial charge in [-0.1, -0.05) is 30.3 Å². The number of aromatic nitrogens is 1. The molecule has 0 saturated heterocycles. The van der Waals surface area contributed by atoms with Crippen molar-refractivity contribution < 1.29 is 0 Å². The summed E-state index contributed by atoms with van der Waals surface area (Å²) in [7, 11) is 0. The van der Waals surface area contributed by atoms with Crippen LogP contribution in [0.1, 0.15) is 0 Å². The molecule has 1 aromatic heterocycles. The molecule has 0 amide bonds. The molecule has 0 bridgehead atoms. The van der Waals surface area contributed by atoms with Crippen LogP contribution in [0, 0.1) is 0 Å². The predicted octanol–water partition coefficient (Wildman–Crippen LogP) is 5.31. The van der Waals surface area contributed by atoms with E-state index in [1.54, 1.807) is 0 Å². The molecule has 20 heavy (non-hydrogen) atoms. The fraction of sp³-hybridized carbons (Fsp3) is 0. The highest BCUT2D eigenvalue weighted by molar-refractivity contribution is 9.10. The van der Waals surface area contributed by atoms with Crippen LogP contribution >= 0.6 is 15.9 Å². The molecule has 0 saturated carbocycles. The van der Waals surface area contributed by atoms with E-state index in [4.69, 9.17) is 0 Å². The topological polar surface area (TPSA) is 16.1 Å². The second-order valence-electron chi connectivity index (χ2n) is 4.33. The lowest BCUT2D eigenvalue weighted by Crippen LogP contribution is -2.10. The molecular weight excluding hydrogens is 312 g/mol. The van der Waals surface area contributed by atoms with E-state index >= 15 is 0 Å². The standard InChI is InChI=1S/C17H13BrN2/c18-16-8-4-5-9-17(16)20(14-6-2-1-3-7-14)15-10-12-19-13-11-15/h1-13H. The maximum atomic E-state index is 4.10. The molecule has 0 aliphatic rings. The zero-order valence-electron chi connectivity index (χ0n) is 10.8. The normalized spacial score (nSPS) is 10.2. The second-order valence-corrected chi connectivity index (χ2v) is 5.18. The second kappa shape index (κ2) is 5.88. The van der Waals surface area contributed by atoms with Gasteiger partial charge in [0.05, 0.1) is 5.69 Å². The summed E-state index contributed by atoms with van der Waals surface area (Å²) in [6.07, 6.45) is 3.62. The highest BCUT2D eigenvalue weighted by Crippen LogP contribution is 2.37. The minimum atomic E-state index is 1.06. The molecule has 0 fully saturated rings. The first kappa shape index (κ1) is 12.9. The summed E-state index contributed by atoms with van der Waals surface area (Å²) in [6.45, 7) is 0. The minimum Gasteiger partial charge on any atom is -0.309 e. The molecule has 3 aromatic rings. The van der Waals surface area contributed by atoms with Crippen molar-refractivity contribution >= 4 is 33.0 Å². The van der Waals surface area contributed by atoms with E-state index in [9.17, 15) is 0 Å². The van der Waals surface area contributed by atoms with Gasteiger partial charge in [-0.3, -0.25) is 4.98 Å². The van der Waals surface area contributed by atoms with Crippen LogP contribution in [0.4, 0.5) is 17.1 Å². The third-order valence-corrected chi connectivity index (χ3v) is 3.70. The molecule has 0 atom stereocenters. The number of halogens is 1. The van der Waals surface area contributed by atoms with Gasteiger partial charge in [0.15, 0.2) is 0 Å². The number of hydrogen-bond acceptors (Lipinski definition) is 2. The number of rotatable bonds is 3. The Morgan fingerprint density at radius 1 is 0.700 bits per heavy atom. The Morgan fingerprint density at radius 3 is 2.00 bits per heavy atom. The third-order valence-electron chi connectivity index (χ3n) is 3.03. The largest absolute Gasteiger partial charge is 0.309 e. The van der Waals surface area contributed by atoms with Crippen LogP contribution in [0.3, 0.4) is 0 Å². The number of para-hydroxylation sites is 2. The molecule has 0 aliphatic carbocycles. The van der Waals surface area contributed by atoms with E-state index in [2.05, 4.69) is 44.0 Å². The van der Waals surface area contributed by atoms with Crippen molar-refractivity contribution in [2.75, 3.05) is 4.90 Å². The molecule has 2 nitrogen and oxygen atoms in total. The van der Waals surface area contributed by atoms with Gasteiger partial charge in [-0.2, -0.15) is 0 Å². The van der Waals surface area contributed by atoms with E-state index < -0.39 is 0 Å². The Balaban J connectivity index is 2.17. The molecule has 3 heteroatoms.